The number of aromatic nitrogens is 5. The van der Waals surface area contributed by atoms with E-state index in [1.807, 2.05) is 31.4 Å². The number of rotatable bonds is 6. The van der Waals surface area contributed by atoms with Gasteiger partial charge in [0.15, 0.2) is 0 Å². The van der Waals surface area contributed by atoms with E-state index in [4.69, 9.17) is 0 Å². The summed E-state index contributed by atoms with van der Waals surface area (Å²) >= 11 is 1.35. The van der Waals surface area contributed by atoms with Crippen LogP contribution in [0.3, 0.4) is 0 Å². The van der Waals surface area contributed by atoms with Gasteiger partial charge in [-0.2, -0.15) is 4.98 Å². The molecule has 0 radical (unpaired) electrons. The zero-order valence-electron chi connectivity index (χ0n) is 18.6. The van der Waals surface area contributed by atoms with Crippen molar-refractivity contribution in [1.29, 1.82) is 0 Å². The van der Waals surface area contributed by atoms with Gasteiger partial charge in [-0.05, 0) is 50.2 Å². The second kappa shape index (κ2) is 8.91. The number of nitro benzene ring substituents is 1. The van der Waals surface area contributed by atoms with Crippen molar-refractivity contribution in [3.05, 3.63) is 87.0 Å². The summed E-state index contributed by atoms with van der Waals surface area (Å²) in [6.07, 6.45) is 0. The molecule has 3 aromatic heterocycles. The molecular formula is C23H18N8O3S. The predicted molar refractivity (Wildman–Crippen MR) is 132 cm³/mol. The van der Waals surface area contributed by atoms with Crippen LogP contribution in [0.15, 0.2) is 60.0 Å². The molecule has 1 amide bonds. The Kier molecular flexibility index (Phi) is 5.63. The van der Waals surface area contributed by atoms with Crippen molar-refractivity contribution in [3.63, 3.8) is 0 Å². The van der Waals surface area contributed by atoms with Crippen molar-refractivity contribution in [1.82, 2.24) is 24.6 Å². The molecule has 12 heteroatoms. The fourth-order valence-electron chi connectivity index (χ4n) is 3.51. The number of carbonyl (C=O) groups is 1. The van der Waals surface area contributed by atoms with Crippen molar-refractivity contribution in [2.45, 2.75) is 13.8 Å². The molecule has 0 aliphatic heterocycles. The van der Waals surface area contributed by atoms with Crippen LogP contribution in [-0.2, 0) is 0 Å². The topological polar surface area (TPSA) is 140 Å². The maximum absolute atomic E-state index is 12.9. The van der Waals surface area contributed by atoms with Gasteiger partial charge in [0.05, 0.1) is 10.6 Å². The van der Waals surface area contributed by atoms with Gasteiger partial charge in [0.2, 0.25) is 10.9 Å². The molecule has 0 spiro atoms. The van der Waals surface area contributed by atoms with Gasteiger partial charge in [-0.1, -0.05) is 6.07 Å². The number of benzene rings is 2. The van der Waals surface area contributed by atoms with Gasteiger partial charge in [-0.15, -0.1) is 16.4 Å². The summed E-state index contributed by atoms with van der Waals surface area (Å²) in [6, 6.07) is 15.0. The van der Waals surface area contributed by atoms with E-state index in [0.717, 1.165) is 17.0 Å². The van der Waals surface area contributed by atoms with E-state index in [1.165, 1.54) is 23.5 Å². The first kappa shape index (κ1) is 22.1. The van der Waals surface area contributed by atoms with Crippen molar-refractivity contribution in [2.75, 3.05) is 10.6 Å². The number of aryl methyl sites for hydroxylation is 2. The molecule has 5 aromatic rings. The molecule has 35 heavy (non-hydrogen) atoms. The number of nitrogens with zero attached hydrogens (tertiary/aromatic N) is 6. The number of hydrogen-bond acceptors (Lipinski definition) is 9. The minimum Gasteiger partial charge on any atom is -0.324 e. The first-order valence-electron chi connectivity index (χ1n) is 10.5. The van der Waals surface area contributed by atoms with E-state index in [2.05, 4.69) is 30.7 Å². The molecule has 0 bridgehead atoms. The number of hydrogen-bond donors (Lipinski definition) is 2. The fraction of sp³-hybridized carbons (Fsp3) is 0.0870. The summed E-state index contributed by atoms with van der Waals surface area (Å²) in [7, 11) is 0. The summed E-state index contributed by atoms with van der Waals surface area (Å²) in [5.41, 5.74) is 4.23. The summed E-state index contributed by atoms with van der Waals surface area (Å²) in [6.45, 7) is 3.78. The van der Waals surface area contributed by atoms with Crippen LogP contribution in [0.1, 0.15) is 21.7 Å². The zero-order chi connectivity index (χ0) is 24.5. The lowest BCUT2D eigenvalue weighted by Crippen LogP contribution is -2.13. The lowest BCUT2D eigenvalue weighted by Gasteiger charge is -2.08. The van der Waals surface area contributed by atoms with E-state index in [1.54, 1.807) is 34.8 Å². The van der Waals surface area contributed by atoms with Crippen molar-refractivity contribution in [3.8, 4) is 11.3 Å². The third-order valence-corrected chi connectivity index (χ3v) is 5.86. The van der Waals surface area contributed by atoms with Gasteiger partial charge in [0, 0.05) is 45.7 Å². The molecule has 174 valence electrons. The standard InChI is InChI=1S/C23H18N8O3S/c1-13-10-14(2)25-21(24-13)26-17-5-3-4-16(11-17)20(32)27-22-28-23-30(29-22)19(12-35-23)15-6-8-18(9-7-15)31(33)34/h3-12H,1-2H3,(H,24,25,26)(H,27,29,32). The van der Waals surface area contributed by atoms with Crippen molar-refractivity contribution < 1.29 is 9.72 Å². The van der Waals surface area contributed by atoms with Gasteiger partial charge in [0.25, 0.3) is 17.5 Å². The molecule has 0 aliphatic carbocycles. The molecule has 0 saturated heterocycles. The van der Waals surface area contributed by atoms with Crippen LogP contribution in [0.5, 0.6) is 0 Å². The van der Waals surface area contributed by atoms with Crippen LogP contribution in [-0.4, -0.2) is 35.4 Å². The Bertz CT molecular complexity index is 1560. The molecule has 0 aliphatic rings. The first-order chi connectivity index (χ1) is 16.9. The van der Waals surface area contributed by atoms with Crippen molar-refractivity contribution in [2.24, 2.45) is 0 Å². The van der Waals surface area contributed by atoms with Gasteiger partial charge in [-0.3, -0.25) is 20.2 Å². The highest BCUT2D eigenvalue weighted by Crippen LogP contribution is 2.27. The van der Waals surface area contributed by atoms with E-state index >= 15 is 0 Å². The molecule has 11 nitrogen and oxygen atoms in total. The number of thiazole rings is 1. The van der Waals surface area contributed by atoms with Gasteiger partial charge >= 0.3 is 0 Å². The maximum Gasteiger partial charge on any atom is 0.269 e. The number of carbonyl (C=O) groups excluding carboxylic acids is 1. The van der Waals surface area contributed by atoms with Crippen LogP contribution in [0.4, 0.5) is 23.3 Å². The average Bonchev–Trinajstić information content (AvgIpc) is 3.39. The summed E-state index contributed by atoms with van der Waals surface area (Å²) in [5.74, 6) is 0.237. The van der Waals surface area contributed by atoms with Gasteiger partial charge in [-0.25, -0.2) is 14.5 Å². The smallest absolute Gasteiger partial charge is 0.269 e. The largest absolute Gasteiger partial charge is 0.324 e. The third-order valence-electron chi connectivity index (χ3n) is 5.04. The second-order valence-electron chi connectivity index (χ2n) is 7.69. The summed E-state index contributed by atoms with van der Waals surface area (Å²) in [4.78, 5) is 37.0. The molecule has 0 unspecified atom stereocenters. The normalized spacial score (nSPS) is 10.9. The van der Waals surface area contributed by atoms with Crippen LogP contribution < -0.4 is 10.6 Å². The lowest BCUT2D eigenvalue weighted by atomic mass is 10.1. The third kappa shape index (κ3) is 4.68. The van der Waals surface area contributed by atoms with Gasteiger partial charge in [0.1, 0.15) is 0 Å². The maximum atomic E-state index is 12.9. The SMILES string of the molecule is Cc1cc(C)nc(Nc2cccc(C(=O)Nc3nc4scc(-c5ccc([N+](=O)[O-])cc5)n4n3)c2)n1. The highest BCUT2D eigenvalue weighted by atomic mass is 32.1. The summed E-state index contributed by atoms with van der Waals surface area (Å²) < 4.78 is 1.59. The lowest BCUT2D eigenvalue weighted by molar-refractivity contribution is -0.384. The first-order valence-corrected chi connectivity index (χ1v) is 11.3. The fourth-order valence-corrected chi connectivity index (χ4v) is 4.34. The monoisotopic (exact) mass is 486 g/mol. The Morgan fingerprint density at radius 1 is 1.00 bits per heavy atom. The number of non-ortho nitro benzene ring substituents is 1. The molecular weight excluding hydrogens is 468 g/mol. The van der Waals surface area contributed by atoms with Crippen LogP contribution in [0, 0.1) is 24.0 Å². The minimum atomic E-state index is -0.449. The number of amides is 1. The molecule has 0 saturated carbocycles. The van der Waals surface area contributed by atoms with E-state index in [-0.39, 0.29) is 17.5 Å². The minimum absolute atomic E-state index is 0.00702. The Morgan fingerprint density at radius 3 is 2.46 bits per heavy atom. The van der Waals surface area contributed by atoms with E-state index in [9.17, 15) is 14.9 Å². The van der Waals surface area contributed by atoms with Crippen LogP contribution >= 0.6 is 11.3 Å². The van der Waals surface area contributed by atoms with E-state index < -0.39 is 4.92 Å². The zero-order valence-corrected chi connectivity index (χ0v) is 19.4. The molecule has 2 aromatic carbocycles. The van der Waals surface area contributed by atoms with Crippen LogP contribution in [0.2, 0.25) is 0 Å². The number of fused-ring (bicyclic) bond motifs is 1. The number of nitrogens with one attached hydrogen (secondary N) is 2. The Balaban J connectivity index is 1.34. The summed E-state index contributed by atoms with van der Waals surface area (Å²) in [5, 5.41) is 23.0. The number of anilines is 3. The second-order valence-corrected chi connectivity index (χ2v) is 8.53. The molecule has 5 rings (SSSR count). The van der Waals surface area contributed by atoms with Gasteiger partial charge < -0.3 is 5.32 Å². The molecule has 0 fully saturated rings. The molecule has 0 atom stereocenters. The van der Waals surface area contributed by atoms with E-state index in [0.29, 0.717) is 27.9 Å². The molecule has 2 N–H and O–H groups in total. The van der Waals surface area contributed by atoms with Crippen LogP contribution in [0.25, 0.3) is 16.2 Å². The highest BCUT2D eigenvalue weighted by Gasteiger charge is 2.16. The number of nitro groups is 1. The Morgan fingerprint density at radius 2 is 1.74 bits per heavy atom. The predicted octanol–water partition coefficient (Wildman–Crippen LogP) is 4.77. The highest BCUT2D eigenvalue weighted by molar-refractivity contribution is 7.15. The Labute approximate surface area is 202 Å². The average molecular weight is 487 g/mol. The molecule has 3 heterocycles. The quantitative estimate of drug-likeness (QED) is 0.258. The van der Waals surface area contributed by atoms with Crippen molar-refractivity contribution >= 4 is 45.5 Å². The Hall–Kier alpha value is -4.71.